The second kappa shape index (κ2) is 4.65. The maximum absolute atomic E-state index is 11.0. The Hall–Kier alpha value is -2.04. The number of methoxy groups -OCH3 is 1. The zero-order valence-corrected chi connectivity index (χ0v) is 8.98. The van der Waals surface area contributed by atoms with Crippen LogP contribution in [0.4, 0.5) is 0 Å². The fourth-order valence-corrected chi connectivity index (χ4v) is 1.43. The standard InChI is InChI=1S/C11H12O5/c1-3-6-4-7(10(12)13)9(11(14)15)8(5-6)16-2/h4-5H,3H2,1-2H3,(H,12,13)(H,14,15). The first-order chi connectivity index (χ1) is 7.51. The molecule has 0 aliphatic rings. The van der Waals surface area contributed by atoms with E-state index in [0.717, 1.165) is 5.56 Å². The summed E-state index contributed by atoms with van der Waals surface area (Å²) in [6, 6.07) is 2.89. The van der Waals surface area contributed by atoms with Gasteiger partial charge in [-0.3, -0.25) is 0 Å². The monoisotopic (exact) mass is 224 g/mol. The van der Waals surface area contributed by atoms with E-state index in [9.17, 15) is 9.59 Å². The van der Waals surface area contributed by atoms with Crippen molar-refractivity contribution in [2.45, 2.75) is 13.3 Å². The van der Waals surface area contributed by atoms with Crippen molar-refractivity contribution in [1.29, 1.82) is 0 Å². The molecule has 0 unspecified atom stereocenters. The number of ether oxygens (including phenoxy) is 1. The van der Waals surface area contributed by atoms with Crippen LogP contribution in [-0.4, -0.2) is 29.3 Å². The summed E-state index contributed by atoms with van der Waals surface area (Å²) in [7, 11) is 1.31. The average molecular weight is 224 g/mol. The molecule has 0 atom stereocenters. The summed E-state index contributed by atoms with van der Waals surface area (Å²) < 4.78 is 4.90. The predicted molar refractivity (Wildman–Crippen MR) is 56.3 cm³/mol. The first kappa shape index (κ1) is 12.0. The van der Waals surface area contributed by atoms with Gasteiger partial charge in [-0.2, -0.15) is 0 Å². The molecule has 86 valence electrons. The van der Waals surface area contributed by atoms with Crippen LogP contribution in [0.5, 0.6) is 5.75 Å². The molecule has 1 aromatic rings. The van der Waals surface area contributed by atoms with Gasteiger partial charge in [-0.1, -0.05) is 6.92 Å². The number of hydrogen-bond donors (Lipinski definition) is 2. The minimum atomic E-state index is -1.31. The molecule has 2 N–H and O–H groups in total. The molecule has 1 rings (SSSR count). The lowest BCUT2D eigenvalue weighted by molar-refractivity contribution is 0.0648. The number of carboxylic acid groups (broad SMARTS) is 2. The Morgan fingerprint density at radius 3 is 2.25 bits per heavy atom. The zero-order valence-electron chi connectivity index (χ0n) is 8.98. The highest BCUT2D eigenvalue weighted by Gasteiger charge is 2.21. The smallest absolute Gasteiger partial charge is 0.340 e. The molecule has 0 aliphatic heterocycles. The van der Waals surface area contributed by atoms with Gasteiger partial charge in [-0.15, -0.1) is 0 Å². The van der Waals surface area contributed by atoms with Crippen molar-refractivity contribution in [3.63, 3.8) is 0 Å². The van der Waals surface area contributed by atoms with Crippen LogP contribution in [0.15, 0.2) is 12.1 Å². The van der Waals surface area contributed by atoms with Crippen molar-refractivity contribution in [1.82, 2.24) is 0 Å². The van der Waals surface area contributed by atoms with Crippen molar-refractivity contribution in [3.8, 4) is 5.75 Å². The Morgan fingerprint density at radius 1 is 1.25 bits per heavy atom. The third-order valence-electron chi connectivity index (χ3n) is 2.23. The number of aromatic carboxylic acids is 2. The summed E-state index contributed by atoms with van der Waals surface area (Å²) in [5.41, 5.74) is 0.162. The van der Waals surface area contributed by atoms with Crippen LogP contribution in [0.2, 0.25) is 0 Å². The predicted octanol–water partition coefficient (Wildman–Crippen LogP) is 1.65. The highest BCUT2D eigenvalue weighted by atomic mass is 16.5. The molecule has 0 aromatic heterocycles. The molecular weight excluding hydrogens is 212 g/mol. The maximum Gasteiger partial charge on any atom is 0.340 e. The summed E-state index contributed by atoms with van der Waals surface area (Å²) >= 11 is 0. The average Bonchev–Trinajstić information content (AvgIpc) is 2.26. The molecule has 0 fully saturated rings. The fraction of sp³-hybridized carbons (Fsp3) is 0.273. The van der Waals surface area contributed by atoms with Crippen LogP contribution >= 0.6 is 0 Å². The zero-order chi connectivity index (χ0) is 12.3. The summed E-state index contributed by atoms with van der Waals surface area (Å²) in [4.78, 5) is 21.9. The molecule has 0 bridgehead atoms. The lowest BCUT2D eigenvalue weighted by Gasteiger charge is -2.10. The topological polar surface area (TPSA) is 83.8 Å². The molecule has 0 saturated heterocycles. The SMILES string of the molecule is CCc1cc(OC)c(C(=O)O)c(C(=O)O)c1. The number of carboxylic acids is 2. The highest BCUT2D eigenvalue weighted by molar-refractivity contribution is 6.03. The van der Waals surface area contributed by atoms with Crippen LogP contribution in [0, 0.1) is 0 Å². The van der Waals surface area contributed by atoms with Gasteiger partial charge in [0.25, 0.3) is 0 Å². The molecular formula is C11H12O5. The summed E-state index contributed by atoms with van der Waals surface area (Å²) in [6.45, 7) is 1.85. The molecule has 5 heteroatoms. The third-order valence-corrected chi connectivity index (χ3v) is 2.23. The number of carbonyl (C=O) groups is 2. The second-order valence-corrected chi connectivity index (χ2v) is 3.18. The van der Waals surface area contributed by atoms with E-state index in [1.165, 1.54) is 19.2 Å². The van der Waals surface area contributed by atoms with E-state index in [1.807, 2.05) is 6.92 Å². The number of benzene rings is 1. The van der Waals surface area contributed by atoms with Crippen LogP contribution in [0.3, 0.4) is 0 Å². The minimum absolute atomic E-state index is 0.0734. The van der Waals surface area contributed by atoms with Crippen LogP contribution < -0.4 is 4.74 Å². The third kappa shape index (κ3) is 2.13. The fourth-order valence-electron chi connectivity index (χ4n) is 1.43. The molecule has 0 spiro atoms. The van der Waals surface area contributed by atoms with Gasteiger partial charge in [0.05, 0.1) is 12.7 Å². The lowest BCUT2D eigenvalue weighted by Crippen LogP contribution is -2.11. The Balaban J connectivity index is 3.53. The largest absolute Gasteiger partial charge is 0.496 e. The summed E-state index contributed by atoms with van der Waals surface area (Å²) in [5, 5.41) is 17.9. The quantitative estimate of drug-likeness (QED) is 0.812. The Labute approximate surface area is 92.3 Å². The van der Waals surface area contributed by atoms with E-state index in [-0.39, 0.29) is 16.9 Å². The Bertz CT molecular complexity index is 436. The maximum atomic E-state index is 11.0. The van der Waals surface area contributed by atoms with Crippen LogP contribution in [0.25, 0.3) is 0 Å². The molecule has 0 radical (unpaired) electrons. The van der Waals surface area contributed by atoms with Gasteiger partial charge in [-0.05, 0) is 24.1 Å². The Kier molecular flexibility index (Phi) is 3.50. The van der Waals surface area contributed by atoms with E-state index in [0.29, 0.717) is 6.42 Å². The number of hydrogen-bond acceptors (Lipinski definition) is 3. The van der Waals surface area contributed by atoms with Crippen molar-refractivity contribution in [2.24, 2.45) is 0 Å². The van der Waals surface area contributed by atoms with Crippen molar-refractivity contribution < 1.29 is 24.5 Å². The van der Waals surface area contributed by atoms with Crippen molar-refractivity contribution in [2.75, 3.05) is 7.11 Å². The van der Waals surface area contributed by atoms with Crippen molar-refractivity contribution in [3.05, 3.63) is 28.8 Å². The first-order valence-electron chi connectivity index (χ1n) is 4.68. The van der Waals surface area contributed by atoms with Gasteiger partial charge in [-0.25, -0.2) is 9.59 Å². The van der Waals surface area contributed by atoms with E-state index < -0.39 is 11.9 Å². The summed E-state index contributed by atoms with van der Waals surface area (Å²) in [5.74, 6) is -2.51. The number of aryl methyl sites for hydroxylation is 1. The van der Waals surface area contributed by atoms with Gasteiger partial charge in [0.15, 0.2) is 0 Å². The summed E-state index contributed by atoms with van der Waals surface area (Å²) in [6.07, 6.45) is 0.608. The van der Waals surface area contributed by atoms with Crippen LogP contribution in [0.1, 0.15) is 33.2 Å². The van der Waals surface area contributed by atoms with Gasteiger partial charge < -0.3 is 14.9 Å². The van der Waals surface area contributed by atoms with Gasteiger partial charge in [0, 0.05) is 0 Å². The lowest BCUT2D eigenvalue weighted by atomic mass is 10.0. The molecule has 1 aromatic carbocycles. The minimum Gasteiger partial charge on any atom is -0.496 e. The van der Waals surface area contributed by atoms with Gasteiger partial charge in [0.1, 0.15) is 11.3 Å². The normalized spacial score (nSPS) is 9.88. The Morgan fingerprint density at radius 2 is 1.88 bits per heavy atom. The van der Waals surface area contributed by atoms with Gasteiger partial charge in [0.2, 0.25) is 0 Å². The van der Waals surface area contributed by atoms with Gasteiger partial charge >= 0.3 is 11.9 Å². The van der Waals surface area contributed by atoms with E-state index in [2.05, 4.69) is 0 Å². The second-order valence-electron chi connectivity index (χ2n) is 3.18. The molecule has 0 amide bonds. The van der Waals surface area contributed by atoms with E-state index in [1.54, 1.807) is 0 Å². The first-order valence-corrected chi connectivity index (χ1v) is 4.68. The molecule has 0 aliphatic carbocycles. The molecule has 0 heterocycles. The number of rotatable bonds is 4. The molecule has 0 saturated carbocycles. The van der Waals surface area contributed by atoms with Crippen LogP contribution in [-0.2, 0) is 6.42 Å². The molecule has 5 nitrogen and oxygen atoms in total. The van der Waals surface area contributed by atoms with E-state index >= 15 is 0 Å². The van der Waals surface area contributed by atoms with Crippen molar-refractivity contribution >= 4 is 11.9 Å². The van der Waals surface area contributed by atoms with E-state index in [4.69, 9.17) is 14.9 Å². The molecule has 16 heavy (non-hydrogen) atoms. The highest BCUT2D eigenvalue weighted by Crippen LogP contribution is 2.25.